The molecule has 2 aromatic carbocycles. The predicted molar refractivity (Wildman–Crippen MR) is 113 cm³/mol. The normalized spacial score (nSPS) is 25.2. The SMILES string of the molecule is O=C(Nc1ccccc1)[C@H]1C[NH+]2CC[C@H]1C[C@@H]2Cn1cc(-c2cccc(O)c2)nn1. The fraction of sp³-hybridized carbons (Fsp3) is 0.348. The lowest BCUT2D eigenvalue weighted by molar-refractivity contribution is -0.945. The van der Waals surface area contributed by atoms with Gasteiger partial charge in [-0.3, -0.25) is 4.79 Å². The molecule has 3 aliphatic rings. The third kappa shape index (κ3) is 3.80. The Kier molecular flexibility index (Phi) is 4.96. The van der Waals surface area contributed by atoms with Gasteiger partial charge in [-0.05, 0) is 30.2 Å². The number of piperidine rings is 3. The van der Waals surface area contributed by atoms with Crippen LogP contribution in [0.25, 0.3) is 11.3 Å². The van der Waals surface area contributed by atoms with Gasteiger partial charge in [-0.15, -0.1) is 5.10 Å². The van der Waals surface area contributed by atoms with Crippen LogP contribution in [-0.2, 0) is 11.3 Å². The number of hydrogen-bond acceptors (Lipinski definition) is 4. The summed E-state index contributed by atoms with van der Waals surface area (Å²) in [6.07, 6.45) is 4.07. The molecular weight excluding hydrogens is 378 g/mol. The van der Waals surface area contributed by atoms with E-state index in [1.165, 1.54) is 4.90 Å². The Morgan fingerprint density at radius 1 is 1.20 bits per heavy atom. The van der Waals surface area contributed by atoms with Gasteiger partial charge in [0, 0.05) is 24.1 Å². The van der Waals surface area contributed by atoms with Crippen LogP contribution >= 0.6 is 0 Å². The lowest BCUT2D eigenvalue weighted by Crippen LogP contribution is -3.20. The number of phenolic OH excluding ortho intramolecular Hbond substituents is 1. The monoisotopic (exact) mass is 404 g/mol. The highest BCUT2D eigenvalue weighted by molar-refractivity contribution is 5.92. The number of anilines is 1. The number of aromatic hydroxyl groups is 1. The van der Waals surface area contributed by atoms with Gasteiger partial charge in [0.15, 0.2) is 0 Å². The van der Waals surface area contributed by atoms with E-state index in [0.29, 0.717) is 12.0 Å². The van der Waals surface area contributed by atoms with Gasteiger partial charge in [0.1, 0.15) is 17.5 Å². The van der Waals surface area contributed by atoms with Crippen molar-refractivity contribution in [1.29, 1.82) is 0 Å². The summed E-state index contributed by atoms with van der Waals surface area (Å²) in [4.78, 5) is 14.3. The van der Waals surface area contributed by atoms with Crippen LogP contribution in [0, 0.1) is 11.8 Å². The molecule has 2 bridgehead atoms. The summed E-state index contributed by atoms with van der Waals surface area (Å²) >= 11 is 0. The predicted octanol–water partition coefficient (Wildman–Crippen LogP) is 1.58. The van der Waals surface area contributed by atoms with Crippen LogP contribution in [0.15, 0.2) is 60.8 Å². The summed E-state index contributed by atoms with van der Waals surface area (Å²) in [5.74, 6) is 0.866. The van der Waals surface area contributed by atoms with E-state index in [9.17, 15) is 9.90 Å². The van der Waals surface area contributed by atoms with Crippen LogP contribution in [0.5, 0.6) is 5.75 Å². The smallest absolute Gasteiger partial charge is 0.233 e. The van der Waals surface area contributed by atoms with E-state index in [0.717, 1.165) is 49.4 Å². The molecule has 7 nitrogen and oxygen atoms in total. The first-order valence-electron chi connectivity index (χ1n) is 10.6. The summed E-state index contributed by atoms with van der Waals surface area (Å²) < 4.78 is 1.90. The van der Waals surface area contributed by atoms with E-state index in [-0.39, 0.29) is 17.6 Å². The molecule has 0 aliphatic carbocycles. The lowest BCUT2D eigenvalue weighted by atomic mass is 9.75. The maximum absolute atomic E-state index is 12.8. The third-order valence-electron chi connectivity index (χ3n) is 6.52. The molecule has 3 N–H and O–H groups in total. The van der Waals surface area contributed by atoms with Crippen molar-refractivity contribution in [3.8, 4) is 17.0 Å². The van der Waals surface area contributed by atoms with E-state index < -0.39 is 0 Å². The van der Waals surface area contributed by atoms with Gasteiger partial charge in [0.05, 0.1) is 31.7 Å². The number of aromatic nitrogens is 3. The Hall–Kier alpha value is -3.19. The van der Waals surface area contributed by atoms with Crippen molar-refractivity contribution in [2.75, 3.05) is 18.4 Å². The van der Waals surface area contributed by atoms with E-state index >= 15 is 0 Å². The third-order valence-corrected chi connectivity index (χ3v) is 6.52. The highest BCUT2D eigenvalue weighted by Crippen LogP contribution is 2.29. The minimum Gasteiger partial charge on any atom is -0.508 e. The molecule has 0 saturated carbocycles. The highest BCUT2D eigenvalue weighted by Gasteiger charge is 2.46. The number of carbonyl (C=O) groups excluding carboxylic acids is 1. The second kappa shape index (κ2) is 7.91. The molecule has 3 saturated heterocycles. The fourth-order valence-corrected chi connectivity index (χ4v) is 4.99. The number of nitrogens with one attached hydrogen (secondary N) is 2. The Morgan fingerprint density at radius 3 is 2.83 bits per heavy atom. The van der Waals surface area contributed by atoms with Gasteiger partial charge in [-0.1, -0.05) is 35.5 Å². The number of phenols is 1. The number of para-hydroxylation sites is 1. The van der Waals surface area contributed by atoms with Gasteiger partial charge in [0.2, 0.25) is 5.91 Å². The molecule has 3 fully saturated rings. The molecule has 7 heteroatoms. The summed E-state index contributed by atoms with van der Waals surface area (Å²) in [5, 5.41) is 21.3. The Balaban J connectivity index is 1.23. The summed E-state index contributed by atoms with van der Waals surface area (Å²) in [6, 6.07) is 17.2. The molecule has 6 rings (SSSR count). The summed E-state index contributed by atoms with van der Waals surface area (Å²) in [7, 11) is 0. The van der Waals surface area contributed by atoms with E-state index in [2.05, 4.69) is 15.6 Å². The summed E-state index contributed by atoms with van der Waals surface area (Å²) in [5.41, 5.74) is 2.49. The maximum Gasteiger partial charge on any atom is 0.233 e. The average molecular weight is 404 g/mol. The second-order valence-corrected chi connectivity index (χ2v) is 8.43. The topological polar surface area (TPSA) is 84.5 Å². The van der Waals surface area contributed by atoms with Crippen LogP contribution in [-0.4, -0.2) is 45.1 Å². The van der Waals surface area contributed by atoms with E-state index in [1.54, 1.807) is 18.2 Å². The van der Waals surface area contributed by atoms with Crippen LogP contribution in [0.2, 0.25) is 0 Å². The molecule has 30 heavy (non-hydrogen) atoms. The number of carbonyl (C=O) groups is 1. The van der Waals surface area contributed by atoms with Crippen LogP contribution in [0.1, 0.15) is 12.8 Å². The number of fused-ring (bicyclic) bond motifs is 3. The molecule has 4 atom stereocenters. The van der Waals surface area contributed by atoms with Gasteiger partial charge in [0.25, 0.3) is 0 Å². The second-order valence-electron chi connectivity index (χ2n) is 8.43. The minimum atomic E-state index is 0.0730. The zero-order valence-electron chi connectivity index (χ0n) is 16.7. The largest absolute Gasteiger partial charge is 0.508 e. The van der Waals surface area contributed by atoms with Gasteiger partial charge in [-0.25, -0.2) is 4.68 Å². The van der Waals surface area contributed by atoms with Crippen molar-refractivity contribution in [3.05, 3.63) is 60.8 Å². The molecule has 3 aromatic rings. The number of amides is 1. The highest BCUT2D eigenvalue weighted by atomic mass is 16.3. The molecule has 1 unspecified atom stereocenters. The first-order chi connectivity index (χ1) is 14.7. The molecule has 154 valence electrons. The molecular formula is C23H26N5O2+. The molecule has 3 aliphatic heterocycles. The Bertz CT molecular complexity index is 1030. The molecule has 1 amide bonds. The minimum absolute atomic E-state index is 0.0730. The van der Waals surface area contributed by atoms with Crippen LogP contribution in [0.3, 0.4) is 0 Å². The van der Waals surface area contributed by atoms with E-state index in [4.69, 9.17) is 0 Å². The van der Waals surface area contributed by atoms with Crippen molar-refractivity contribution in [3.63, 3.8) is 0 Å². The maximum atomic E-state index is 12.8. The number of rotatable bonds is 5. The van der Waals surface area contributed by atoms with Crippen LogP contribution < -0.4 is 10.2 Å². The van der Waals surface area contributed by atoms with Crippen molar-refractivity contribution >= 4 is 11.6 Å². The van der Waals surface area contributed by atoms with Gasteiger partial charge >= 0.3 is 0 Å². The Labute approximate surface area is 175 Å². The first-order valence-corrected chi connectivity index (χ1v) is 10.6. The molecule has 0 radical (unpaired) electrons. The van der Waals surface area contributed by atoms with Crippen molar-refractivity contribution in [2.24, 2.45) is 11.8 Å². The number of quaternary nitrogens is 1. The van der Waals surface area contributed by atoms with Crippen molar-refractivity contribution in [2.45, 2.75) is 25.4 Å². The average Bonchev–Trinajstić information content (AvgIpc) is 3.23. The zero-order valence-corrected chi connectivity index (χ0v) is 16.7. The zero-order chi connectivity index (χ0) is 20.5. The molecule has 0 spiro atoms. The number of hydrogen-bond donors (Lipinski definition) is 3. The number of benzene rings is 2. The molecule has 4 heterocycles. The fourth-order valence-electron chi connectivity index (χ4n) is 4.99. The van der Waals surface area contributed by atoms with Crippen molar-refractivity contribution in [1.82, 2.24) is 15.0 Å². The summed E-state index contributed by atoms with van der Waals surface area (Å²) in [6.45, 7) is 2.78. The van der Waals surface area contributed by atoms with Gasteiger partial charge in [-0.2, -0.15) is 0 Å². The quantitative estimate of drug-likeness (QED) is 0.603. The molecule has 1 aromatic heterocycles. The number of nitrogens with zero attached hydrogens (tertiary/aromatic N) is 3. The lowest BCUT2D eigenvalue weighted by Gasteiger charge is -2.46. The Morgan fingerprint density at radius 2 is 2.07 bits per heavy atom. The van der Waals surface area contributed by atoms with Gasteiger partial charge < -0.3 is 15.3 Å². The standard InChI is InChI=1S/C23H25N5O2/c29-20-8-4-5-17(12-20)22-15-28(26-25-22)13-19-11-16-9-10-27(19)14-21(16)23(30)24-18-6-2-1-3-7-18/h1-8,12,15-16,19,21,29H,9-11,13-14H2,(H,24,30)/p+1/t16-,19+,21-/m0/s1. The van der Waals surface area contributed by atoms with Crippen LogP contribution in [0.4, 0.5) is 5.69 Å². The first kappa shape index (κ1) is 18.8. The van der Waals surface area contributed by atoms with E-state index in [1.807, 2.05) is 47.3 Å². The van der Waals surface area contributed by atoms with Crippen molar-refractivity contribution < 1.29 is 14.8 Å².